The summed E-state index contributed by atoms with van der Waals surface area (Å²) in [6.45, 7) is 4.44. The third kappa shape index (κ3) is 3.47. The second kappa shape index (κ2) is 7.31. The molecule has 1 aliphatic rings. The fourth-order valence-electron chi connectivity index (χ4n) is 3.33. The van der Waals surface area contributed by atoms with E-state index in [1.165, 1.54) is 11.6 Å². The van der Waals surface area contributed by atoms with E-state index in [4.69, 9.17) is 4.99 Å². The summed E-state index contributed by atoms with van der Waals surface area (Å²) in [6, 6.07) is 19.8. The predicted molar refractivity (Wildman–Crippen MR) is 106 cm³/mol. The summed E-state index contributed by atoms with van der Waals surface area (Å²) in [6.07, 6.45) is 4.50. The highest BCUT2D eigenvalue weighted by Gasteiger charge is 2.21. The lowest BCUT2D eigenvalue weighted by Crippen LogP contribution is -2.37. The first-order valence-electron chi connectivity index (χ1n) is 9.30. The Morgan fingerprint density at radius 1 is 1.04 bits per heavy atom. The average Bonchev–Trinajstić information content (AvgIpc) is 2.73. The number of benzene rings is 2. The molecule has 1 aromatic heterocycles. The van der Waals surface area contributed by atoms with Gasteiger partial charge >= 0.3 is 0 Å². The van der Waals surface area contributed by atoms with Crippen LogP contribution < -0.4 is 15.5 Å². The molecule has 2 heterocycles. The second-order valence-corrected chi connectivity index (χ2v) is 6.91. The smallest absolute Gasteiger partial charge is 0.212 e. The Bertz CT molecular complexity index is 1040. The van der Waals surface area contributed by atoms with E-state index in [0.29, 0.717) is 5.92 Å². The number of hydrogen-bond donors (Lipinski definition) is 0. The number of fused-ring (bicyclic) bond motifs is 1. The van der Waals surface area contributed by atoms with Gasteiger partial charge in [0, 0.05) is 28.9 Å². The minimum absolute atomic E-state index is 0.276. The highest BCUT2D eigenvalue weighted by molar-refractivity contribution is 5.62. The van der Waals surface area contributed by atoms with Crippen molar-refractivity contribution < 1.29 is 4.39 Å². The molecule has 0 radical (unpaired) electrons. The molecule has 136 valence electrons. The number of pyridine rings is 1. The van der Waals surface area contributed by atoms with E-state index in [0.717, 1.165) is 28.2 Å². The molecule has 2 aromatic carbocycles. The van der Waals surface area contributed by atoms with Gasteiger partial charge in [-0.05, 0) is 48.2 Å². The number of hydrogen-bond acceptors (Lipinski definition) is 3. The Morgan fingerprint density at radius 3 is 2.52 bits per heavy atom. The quantitative estimate of drug-likeness (QED) is 0.650. The van der Waals surface area contributed by atoms with Crippen LogP contribution in [-0.4, -0.2) is 4.98 Å². The van der Waals surface area contributed by atoms with Gasteiger partial charge in [0.1, 0.15) is 0 Å². The first-order chi connectivity index (χ1) is 13.2. The van der Waals surface area contributed by atoms with Gasteiger partial charge in [0.2, 0.25) is 5.95 Å². The maximum absolute atomic E-state index is 13.3. The molecule has 2 atom stereocenters. The maximum atomic E-state index is 13.3. The van der Waals surface area contributed by atoms with Crippen molar-refractivity contribution in [3.8, 4) is 0 Å². The van der Waals surface area contributed by atoms with Crippen LogP contribution >= 0.6 is 0 Å². The zero-order chi connectivity index (χ0) is 18.8. The van der Waals surface area contributed by atoms with Crippen LogP contribution in [0.5, 0.6) is 0 Å². The van der Waals surface area contributed by atoms with Crippen LogP contribution in [0.4, 0.5) is 10.1 Å². The molecule has 27 heavy (non-hydrogen) atoms. The topological polar surface area (TPSA) is 28.5 Å². The summed E-state index contributed by atoms with van der Waals surface area (Å²) >= 11 is 0. The van der Waals surface area contributed by atoms with Gasteiger partial charge in [-0.1, -0.05) is 44.2 Å². The van der Waals surface area contributed by atoms with Crippen LogP contribution in [0.2, 0.25) is 0 Å². The Labute approximate surface area is 158 Å². The van der Waals surface area contributed by atoms with Crippen molar-refractivity contribution in [2.45, 2.75) is 32.4 Å². The lowest BCUT2D eigenvalue weighted by Gasteiger charge is -2.30. The summed E-state index contributed by atoms with van der Waals surface area (Å²) in [5, 5.41) is 1.99. The Hall–Kier alpha value is -3.01. The van der Waals surface area contributed by atoms with E-state index in [-0.39, 0.29) is 6.17 Å². The molecule has 4 rings (SSSR count). The van der Waals surface area contributed by atoms with Crippen LogP contribution in [0.25, 0.3) is 6.20 Å². The molecule has 0 saturated carbocycles. The summed E-state index contributed by atoms with van der Waals surface area (Å²) in [7, 11) is 0. The summed E-state index contributed by atoms with van der Waals surface area (Å²) < 4.78 is 13.3. The number of aromatic nitrogens is 1. The van der Waals surface area contributed by atoms with Gasteiger partial charge in [0.25, 0.3) is 0 Å². The van der Waals surface area contributed by atoms with Gasteiger partial charge in [-0.2, -0.15) is 4.39 Å². The van der Waals surface area contributed by atoms with Gasteiger partial charge in [0.05, 0.1) is 5.36 Å². The standard InChI is InChI=1S/C23H22FN3/c1-3-16(2)17-8-11-20(12-9-17)27-15-19-6-4-5-7-21(19)26-23(27)18-10-13-22(24)25-14-18/h4-16,23H,3H2,1-2H3. The minimum Gasteiger partial charge on any atom is -0.321 e. The van der Waals surface area contributed by atoms with Gasteiger partial charge < -0.3 is 4.90 Å². The van der Waals surface area contributed by atoms with E-state index >= 15 is 0 Å². The van der Waals surface area contributed by atoms with Crippen LogP contribution in [-0.2, 0) is 0 Å². The molecule has 4 heteroatoms. The summed E-state index contributed by atoms with van der Waals surface area (Å²) in [5.74, 6) is 0.0512. The zero-order valence-electron chi connectivity index (χ0n) is 15.5. The molecular weight excluding hydrogens is 337 g/mol. The lowest BCUT2D eigenvalue weighted by molar-refractivity contribution is 0.579. The molecule has 3 nitrogen and oxygen atoms in total. The molecule has 0 saturated heterocycles. The fraction of sp³-hybridized carbons (Fsp3) is 0.217. The number of para-hydroxylation sites is 1. The van der Waals surface area contributed by atoms with Gasteiger partial charge in [-0.3, -0.25) is 4.99 Å². The number of anilines is 1. The third-order valence-electron chi connectivity index (χ3n) is 5.16. The van der Waals surface area contributed by atoms with E-state index in [1.807, 2.05) is 18.2 Å². The molecule has 0 bridgehead atoms. The SMILES string of the molecule is CCC(C)c1ccc(N2C=c3ccccc3=NC2c2ccc(F)nc2)cc1. The second-order valence-electron chi connectivity index (χ2n) is 6.91. The first-order valence-corrected chi connectivity index (χ1v) is 9.30. The molecule has 3 aromatic rings. The van der Waals surface area contributed by atoms with Crippen LogP contribution in [0.15, 0.2) is 71.9 Å². The molecular formula is C23H22FN3. The molecule has 0 aliphatic carbocycles. The maximum Gasteiger partial charge on any atom is 0.212 e. The Balaban J connectivity index is 1.80. The number of nitrogens with zero attached hydrogens (tertiary/aromatic N) is 3. The van der Waals surface area contributed by atoms with Crippen LogP contribution in [0.3, 0.4) is 0 Å². The number of rotatable bonds is 4. The Kier molecular flexibility index (Phi) is 4.71. The van der Waals surface area contributed by atoms with Crippen molar-refractivity contribution in [3.63, 3.8) is 0 Å². The molecule has 0 amide bonds. The molecule has 0 fully saturated rings. The predicted octanol–water partition coefficient (Wildman–Crippen LogP) is 4.31. The highest BCUT2D eigenvalue weighted by Crippen LogP contribution is 2.31. The van der Waals surface area contributed by atoms with Crippen LogP contribution in [0, 0.1) is 5.95 Å². The summed E-state index contributed by atoms with van der Waals surface area (Å²) in [5.41, 5.74) is 3.23. The zero-order valence-corrected chi connectivity index (χ0v) is 15.5. The third-order valence-corrected chi connectivity index (χ3v) is 5.16. The molecule has 2 unspecified atom stereocenters. The fourth-order valence-corrected chi connectivity index (χ4v) is 3.33. The van der Waals surface area contributed by atoms with Crippen molar-refractivity contribution >= 4 is 11.9 Å². The van der Waals surface area contributed by atoms with E-state index in [1.54, 1.807) is 12.3 Å². The lowest BCUT2D eigenvalue weighted by atomic mass is 9.98. The first kappa shape index (κ1) is 17.4. The van der Waals surface area contributed by atoms with Crippen molar-refractivity contribution in [1.82, 2.24) is 4.98 Å². The monoisotopic (exact) mass is 359 g/mol. The molecule has 1 aliphatic heterocycles. The van der Waals surface area contributed by atoms with E-state index in [9.17, 15) is 4.39 Å². The number of halogens is 1. The highest BCUT2D eigenvalue weighted by atomic mass is 19.1. The molecule has 0 N–H and O–H groups in total. The normalized spacial score (nSPS) is 16.9. The van der Waals surface area contributed by atoms with Crippen molar-refractivity contribution in [3.05, 3.63) is 94.5 Å². The van der Waals surface area contributed by atoms with E-state index in [2.05, 4.69) is 60.3 Å². The largest absolute Gasteiger partial charge is 0.321 e. The van der Waals surface area contributed by atoms with Crippen LogP contribution in [0.1, 0.15) is 43.5 Å². The Morgan fingerprint density at radius 2 is 1.81 bits per heavy atom. The van der Waals surface area contributed by atoms with E-state index < -0.39 is 5.95 Å². The summed E-state index contributed by atoms with van der Waals surface area (Å²) in [4.78, 5) is 10.9. The minimum atomic E-state index is -0.483. The van der Waals surface area contributed by atoms with Crippen molar-refractivity contribution in [2.75, 3.05) is 4.90 Å². The van der Waals surface area contributed by atoms with Crippen molar-refractivity contribution in [2.24, 2.45) is 4.99 Å². The molecule has 0 spiro atoms. The van der Waals surface area contributed by atoms with Crippen molar-refractivity contribution in [1.29, 1.82) is 0 Å². The van der Waals surface area contributed by atoms with Gasteiger partial charge in [-0.25, -0.2) is 4.98 Å². The van der Waals surface area contributed by atoms with Gasteiger partial charge in [-0.15, -0.1) is 0 Å². The van der Waals surface area contributed by atoms with Gasteiger partial charge in [0.15, 0.2) is 6.17 Å². The average molecular weight is 359 g/mol.